The molecule has 0 aromatic heterocycles. The molecule has 0 aliphatic rings. The van der Waals surface area contributed by atoms with Crippen LogP contribution in [0.5, 0.6) is 0 Å². The number of hydrogen-bond acceptors (Lipinski definition) is 3. The average molecular weight is 202 g/mol. The average Bonchev–Trinajstić information content (AvgIpc) is 2.15. The van der Waals surface area contributed by atoms with Crippen LogP contribution in [0.3, 0.4) is 0 Å². The molecule has 0 fully saturated rings. The Kier molecular flexibility index (Phi) is 4.07. The lowest BCUT2D eigenvalue weighted by molar-refractivity contribution is -0.160. The Labute approximate surface area is 81.7 Å². The van der Waals surface area contributed by atoms with Crippen LogP contribution in [0.25, 0.3) is 0 Å². The van der Waals surface area contributed by atoms with Gasteiger partial charge in [-0.25, -0.2) is 0 Å². The molecule has 0 aromatic rings. The van der Waals surface area contributed by atoms with E-state index in [2.05, 4.69) is 10.6 Å². The highest BCUT2D eigenvalue weighted by atomic mass is 16.4. The molecule has 0 saturated carbocycles. The topological polar surface area (TPSA) is 95.5 Å². The molecule has 2 amide bonds. The van der Waals surface area contributed by atoms with E-state index in [1.807, 2.05) is 0 Å². The number of rotatable bonds is 4. The van der Waals surface area contributed by atoms with Crippen LogP contribution in [-0.4, -0.2) is 36.5 Å². The molecular weight excluding hydrogens is 188 g/mol. The van der Waals surface area contributed by atoms with Crippen molar-refractivity contribution >= 4 is 17.8 Å². The predicted octanol–water partition coefficient (Wildman–Crippen LogP) is -1.04. The molecule has 0 aromatic carbocycles. The second-order valence-electron chi connectivity index (χ2n) is 2.87. The van der Waals surface area contributed by atoms with Gasteiger partial charge in [-0.1, -0.05) is 0 Å². The third-order valence-electron chi connectivity index (χ3n) is 1.90. The monoisotopic (exact) mass is 202 g/mol. The van der Waals surface area contributed by atoms with Crippen molar-refractivity contribution in [3.05, 3.63) is 0 Å². The van der Waals surface area contributed by atoms with Crippen molar-refractivity contribution in [2.75, 3.05) is 13.6 Å². The molecule has 3 N–H and O–H groups in total. The minimum Gasteiger partial charge on any atom is -0.480 e. The quantitative estimate of drug-likeness (QED) is 0.507. The van der Waals surface area contributed by atoms with Crippen molar-refractivity contribution in [1.29, 1.82) is 0 Å². The summed E-state index contributed by atoms with van der Waals surface area (Å²) in [5.74, 6) is -3.12. The normalized spacial score (nSPS) is 13.9. The lowest BCUT2D eigenvalue weighted by Crippen LogP contribution is -2.53. The van der Waals surface area contributed by atoms with E-state index < -0.39 is 23.2 Å². The van der Waals surface area contributed by atoms with Crippen LogP contribution >= 0.6 is 0 Å². The zero-order chi connectivity index (χ0) is 11.4. The van der Waals surface area contributed by atoms with Crippen LogP contribution in [0.1, 0.15) is 13.8 Å². The molecule has 0 bridgehead atoms. The molecule has 0 spiro atoms. The van der Waals surface area contributed by atoms with Gasteiger partial charge in [-0.05, 0) is 13.8 Å². The molecule has 0 heterocycles. The van der Waals surface area contributed by atoms with Crippen molar-refractivity contribution in [2.24, 2.45) is 5.41 Å². The second kappa shape index (κ2) is 4.59. The van der Waals surface area contributed by atoms with Crippen LogP contribution in [0.4, 0.5) is 0 Å². The first-order valence-corrected chi connectivity index (χ1v) is 4.15. The van der Waals surface area contributed by atoms with Crippen LogP contribution in [0.15, 0.2) is 0 Å². The number of carboxylic acids is 1. The number of carbonyl (C=O) groups excluding carboxylic acids is 2. The Morgan fingerprint density at radius 2 is 1.79 bits per heavy atom. The van der Waals surface area contributed by atoms with Gasteiger partial charge >= 0.3 is 5.97 Å². The van der Waals surface area contributed by atoms with Gasteiger partial charge < -0.3 is 15.7 Å². The van der Waals surface area contributed by atoms with E-state index in [4.69, 9.17) is 5.11 Å². The molecule has 6 nitrogen and oxygen atoms in total. The predicted molar refractivity (Wildman–Crippen MR) is 48.5 cm³/mol. The first-order chi connectivity index (χ1) is 6.41. The van der Waals surface area contributed by atoms with E-state index in [1.165, 1.54) is 7.05 Å². The van der Waals surface area contributed by atoms with Crippen molar-refractivity contribution in [2.45, 2.75) is 13.8 Å². The van der Waals surface area contributed by atoms with E-state index in [-0.39, 0.29) is 6.54 Å². The molecule has 0 saturated heterocycles. The summed E-state index contributed by atoms with van der Waals surface area (Å²) >= 11 is 0. The molecule has 0 rings (SSSR count). The fourth-order valence-electron chi connectivity index (χ4n) is 0.885. The SMILES string of the molecule is CCNC(=O)C(C)(C(=O)O)C(=O)NC. The Bertz CT molecular complexity index is 264. The van der Waals surface area contributed by atoms with Gasteiger partial charge in [0.1, 0.15) is 0 Å². The zero-order valence-electron chi connectivity index (χ0n) is 8.38. The third-order valence-corrected chi connectivity index (χ3v) is 1.90. The number of hydrogen-bond donors (Lipinski definition) is 3. The van der Waals surface area contributed by atoms with Gasteiger partial charge in [-0.15, -0.1) is 0 Å². The first kappa shape index (κ1) is 12.4. The highest BCUT2D eigenvalue weighted by Crippen LogP contribution is 2.16. The molecule has 0 aliphatic carbocycles. The Morgan fingerprint density at radius 3 is 2.07 bits per heavy atom. The molecule has 6 heteroatoms. The molecule has 0 aliphatic heterocycles. The number of carboxylic acid groups (broad SMARTS) is 1. The van der Waals surface area contributed by atoms with Gasteiger partial charge in [-0.3, -0.25) is 14.4 Å². The van der Waals surface area contributed by atoms with Gasteiger partial charge in [0.25, 0.3) is 0 Å². The minimum atomic E-state index is -2.06. The maximum absolute atomic E-state index is 11.4. The zero-order valence-corrected chi connectivity index (χ0v) is 8.38. The lowest BCUT2D eigenvalue weighted by Gasteiger charge is -2.21. The number of amides is 2. The van der Waals surface area contributed by atoms with Crippen LogP contribution in [-0.2, 0) is 14.4 Å². The van der Waals surface area contributed by atoms with E-state index in [0.717, 1.165) is 6.92 Å². The third kappa shape index (κ3) is 2.01. The van der Waals surface area contributed by atoms with Crippen molar-refractivity contribution in [3.8, 4) is 0 Å². The van der Waals surface area contributed by atoms with Gasteiger partial charge in [-0.2, -0.15) is 0 Å². The van der Waals surface area contributed by atoms with Gasteiger partial charge in [0.05, 0.1) is 0 Å². The summed E-state index contributed by atoms with van der Waals surface area (Å²) in [5, 5.41) is 13.3. The molecule has 1 atom stereocenters. The van der Waals surface area contributed by atoms with Crippen molar-refractivity contribution in [1.82, 2.24) is 10.6 Å². The van der Waals surface area contributed by atoms with E-state index in [9.17, 15) is 14.4 Å². The van der Waals surface area contributed by atoms with Crippen molar-refractivity contribution in [3.63, 3.8) is 0 Å². The van der Waals surface area contributed by atoms with Gasteiger partial charge in [0, 0.05) is 13.6 Å². The van der Waals surface area contributed by atoms with Crippen molar-refractivity contribution < 1.29 is 19.5 Å². The summed E-state index contributed by atoms with van der Waals surface area (Å²) in [6.45, 7) is 2.99. The Hall–Kier alpha value is -1.59. The summed E-state index contributed by atoms with van der Waals surface area (Å²) < 4.78 is 0. The summed E-state index contributed by atoms with van der Waals surface area (Å²) in [6, 6.07) is 0. The Morgan fingerprint density at radius 1 is 1.29 bits per heavy atom. The molecule has 80 valence electrons. The summed E-state index contributed by atoms with van der Waals surface area (Å²) in [7, 11) is 1.28. The molecular formula is C8H14N2O4. The van der Waals surface area contributed by atoms with E-state index >= 15 is 0 Å². The summed E-state index contributed by atoms with van der Waals surface area (Å²) in [6.07, 6.45) is 0. The lowest BCUT2D eigenvalue weighted by atomic mass is 9.88. The van der Waals surface area contributed by atoms with E-state index in [0.29, 0.717) is 0 Å². The first-order valence-electron chi connectivity index (χ1n) is 4.15. The number of carbonyl (C=O) groups is 3. The van der Waals surface area contributed by atoms with Crippen LogP contribution < -0.4 is 10.6 Å². The maximum atomic E-state index is 11.4. The minimum absolute atomic E-state index is 0.276. The molecule has 0 radical (unpaired) electrons. The summed E-state index contributed by atoms with van der Waals surface area (Å²) in [5.41, 5.74) is -2.06. The standard InChI is InChI=1S/C8H14N2O4/c1-4-10-6(12)8(2,7(13)14)5(11)9-3/h4H2,1-3H3,(H,9,11)(H,10,12)(H,13,14). The number of aliphatic carboxylic acids is 1. The molecule has 1 unspecified atom stereocenters. The highest BCUT2D eigenvalue weighted by Gasteiger charge is 2.48. The second-order valence-corrected chi connectivity index (χ2v) is 2.87. The molecule has 14 heavy (non-hydrogen) atoms. The van der Waals surface area contributed by atoms with E-state index in [1.54, 1.807) is 6.92 Å². The fourth-order valence-corrected chi connectivity index (χ4v) is 0.885. The number of nitrogens with one attached hydrogen (secondary N) is 2. The highest BCUT2D eigenvalue weighted by molar-refractivity contribution is 6.20. The maximum Gasteiger partial charge on any atom is 0.328 e. The van der Waals surface area contributed by atoms with Crippen LogP contribution in [0.2, 0.25) is 0 Å². The Balaban J connectivity index is 5.00. The largest absolute Gasteiger partial charge is 0.480 e. The van der Waals surface area contributed by atoms with Gasteiger partial charge in [0.15, 0.2) is 0 Å². The smallest absolute Gasteiger partial charge is 0.328 e. The fraction of sp³-hybridized carbons (Fsp3) is 0.625. The van der Waals surface area contributed by atoms with Gasteiger partial charge in [0.2, 0.25) is 17.2 Å². The van der Waals surface area contributed by atoms with Crippen LogP contribution in [0, 0.1) is 5.41 Å². The summed E-state index contributed by atoms with van der Waals surface area (Å²) in [4.78, 5) is 33.4.